The molecule has 2 bridgehead atoms. The van der Waals surface area contributed by atoms with Gasteiger partial charge in [0.25, 0.3) is 0 Å². The Hall–Kier alpha value is -1.79. The lowest BCUT2D eigenvalue weighted by Crippen LogP contribution is -2.43. The maximum atomic E-state index is 14.3. The molecular formula is C24H33N3O2S. The van der Waals surface area contributed by atoms with Crippen LogP contribution in [0.1, 0.15) is 106 Å². The van der Waals surface area contributed by atoms with E-state index >= 15 is 0 Å². The van der Waals surface area contributed by atoms with Crippen molar-refractivity contribution in [3.05, 3.63) is 52.6 Å². The van der Waals surface area contributed by atoms with E-state index in [1.807, 2.05) is 6.20 Å². The molecule has 0 spiro atoms. The lowest BCUT2D eigenvalue weighted by atomic mass is 9.89. The van der Waals surface area contributed by atoms with Gasteiger partial charge in [0, 0.05) is 24.2 Å². The Morgan fingerprint density at radius 2 is 1.60 bits per heavy atom. The summed E-state index contributed by atoms with van der Waals surface area (Å²) < 4.78 is 30.3. The Balaban J connectivity index is 1.92. The average Bonchev–Trinajstić information content (AvgIpc) is 3.03. The van der Waals surface area contributed by atoms with Crippen LogP contribution < -0.4 is 0 Å². The van der Waals surface area contributed by atoms with Crippen molar-refractivity contribution in [3.63, 3.8) is 0 Å². The minimum Gasteiger partial charge on any atom is -0.244 e. The normalized spacial score (nSPS) is 21.6. The third-order valence-corrected chi connectivity index (χ3v) is 8.77. The minimum absolute atomic E-state index is 0.0211. The molecule has 0 amide bonds. The Kier molecular flexibility index (Phi) is 5.52. The van der Waals surface area contributed by atoms with Crippen molar-refractivity contribution in [2.24, 2.45) is 0 Å². The Morgan fingerprint density at radius 1 is 0.967 bits per heavy atom. The van der Waals surface area contributed by atoms with Gasteiger partial charge in [-0.3, -0.25) is 0 Å². The summed E-state index contributed by atoms with van der Waals surface area (Å²) >= 11 is 0. The summed E-state index contributed by atoms with van der Waals surface area (Å²) in [7, 11) is -3.66. The van der Waals surface area contributed by atoms with Crippen LogP contribution in [0.4, 0.5) is 0 Å². The zero-order valence-corrected chi connectivity index (χ0v) is 19.7. The number of benzene rings is 1. The fraction of sp³-hybridized carbons (Fsp3) is 0.583. The SMILES string of the molecule is CC(C)c1cc(C(C)C)c(S(=O)(=O)N2C3CCC2c2cncnc2C3)c(C(C)C)c1. The molecule has 2 unspecified atom stereocenters. The molecule has 3 heterocycles. The van der Waals surface area contributed by atoms with Crippen molar-refractivity contribution < 1.29 is 8.42 Å². The number of aromatic nitrogens is 2. The molecule has 2 atom stereocenters. The lowest BCUT2D eigenvalue weighted by Gasteiger charge is -2.36. The van der Waals surface area contributed by atoms with Crippen molar-refractivity contribution in [2.75, 3.05) is 0 Å². The van der Waals surface area contributed by atoms with Crippen LogP contribution in [0.5, 0.6) is 0 Å². The highest BCUT2D eigenvalue weighted by Crippen LogP contribution is 2.48. The van der Waals surface area contributed by atoms with E-state index < -0.39 is 10.0 Å². The van der Waals surface area contributed by atoms with Gasteiger partial charge in [0.15, 0.2) is 0 Å². The molecule has 2 aliphatic rings. The molecule has 1 aromatic heterocycles. The first-order chi connectivity index (χ1) is 14.1. The van der Waals surface area contributed by atoms with Gasteiger partial charge in [0.05, 0.1) is 16.6 Å². The summed E-state index contributed by atoms with van der Waals surface area (Å²) in [6, 6.07) is 4.07. The number of rotatable bonds is 5. The molecule has 162 valence electrons. The van der Waals surface area contributed by atoms with Crippen LogP contribution in [-0.4, -0.2) is 28.7 Å². The molecule has 0 radical (unpaired) electrons. The van der Waals surface area contributed by atoms with Gasteiger partial charge in [-0.25, -0.2) is 18.4 Å². The molecule has 5 nitrogen and oxygen atoms in total. The number of hydrogen-bond acceptors (Lipinski definition) is 4. The van der Waals surface area contributed by atoms with Crippen molar-refractivity contribution in [1.82, 2.24) is 14.3 Å². The quantitative estimate of drug-likeness (QED) is 0.650. The Labute approximate surface area is 181 Å². The molecule has 30 heavy (non-hydrogen) atoms. The van der Waals surface area contributed by atoms with Gasteiger partial charge in [-0.05, 0) is 47.3 Å². The molecule has 1 saturated heterocycles. The predicted octanol–water partition coefficient (Wildman–Crippen LogP) is 5.30. The second kappa shape index (κ2) is 7.72. The largest absolute Gasteiger partial charge is 0.244 e. The zero-order chi connectivity index (χ0) is 21.8. The second-order valence-electron chi connectivity index (χ2n) is 9.70. The number of hydrogen-bond donors (Lipinski definition) is 0. The first-order valence-electron chi connectivity index (χ1n) is 11.1. The van der Waals surface area contributed by atoms with Crippen LogP contribution >= 0.6 is 0 Å². The molecule has 4 rings (SSSR count). The molecule has 0 N–H and O–H groups in total. The van der Waals surface area contributed by atoms with Crippen LogP contribution in [0.3, 0.4) is 0 Å². The van der Waals surface area contributed by atoms with Gasteiger partial charge < -0.3 is 0 Å². The molecular weight excluding hydrogens is 394 g/mol. The highest BCUT2D eigenvalue weighted by atomic mass is 32.2. The molecule has 2 aliphatic heterocycles. The van der Waals surface area contributed by atoms with E-state index in [-0.39, 0.29) is 23.9 Å². The zero-order valence-electron chi connectivity index (χ0n) is 18.9. The van der Waals surface area contributed by atoms with E-state index in [4.69, 9.17) is 0 Å². The summed E-state index contributed by atoms with van der Waals surface area (Å²) in [6.45, 7) is 12.7. The molecule has 6 heteroatoms. The van der Waals surface area contributed by atoms with Gasteiger partial charge in [-0.15, -0.1) is 0 Å². The summed E-state index contributed by atoms with van der Waals surface area (Å²) in [5.74, 6) is 0.611. The highest BCUT2D eigenvalue weighted by Gasteiger charge is 2.48. The van der Waals surface area contributed by atoms with E-state index in [2.05, 4.69) is 63.6 Å². The van der Waals surface area contributed by atoms with E-state index in [1.165, 1.54) is 5.56 Å². The van der Waals surface area contributed by atoms with Gasteiger partial charge in [-0.2, -0.15) is 4.31 Å². The Bertz CT molecular complexity index is 1030. The first kappa shape index (κ1) is 21.4. The fourth-order valence-corrected chi connectivity index (χ4v) is 7.56. The topological polar surface area (TPSA) is 63.2 Å². The van der Waals surface area contributed by atoms with Crippen LogP contribution in [-0.2, 0) is 16.4 Å². The van der Waals surface area contributed by atoms with E-state index in [9.17, 15) is 8.42 Å². The highest BCUT2D eigenvalue weighted by molar-refractivity contribution is 7.89. The monoisotopic (exact) mass is 427 g/mol. The number of fused-ring (bicyclic) bond motifs is 4. The predicted molar refractivity (Wildman–Crippen MR) is 119 cm³/mol. The molecule has 0 saturated carbocycles. The molecule has 2 aromatic rings. The molecule has 1 aromatic carbocycles. The third-order valence-electron chi connectivity index (χ3n) is 6.67. The van der Waals surface area contributed by atoms with Crippen molar-refractivity contribution >= 4 is 10.0 Å². The minimum atomic E-state index is -3.66. The summed E-state index contributed by atoms with van der Waals surface area (Å²) in [4.78, 5) is 9.17. The van der Waals surface area contributed by atoms with E-state index in [0.717, 1.165) is 35.2 Å². The fourth-order valence-electron chi connectivity index (χ4n) is 5.04. The maximum absolute atomic E-state index is 14.3. The van der Waals surface area contributed by atoms with Crippen molar-refractivity contribution in [2.45, 2.75) is 95.5 Å². The van der Waals surface area contributed by atoms with Gasteiger partial charge in [0.1, 0.15) is 6.33 Å². The Morgan fingerprint density at radius 3 is 2.17 bits per heavy atom. The summed E-state index contributed by atoms with van der Waals surface area (Å²) in [5, 5.41) is 0. The standard InChI is InChI=1S/C24H33N3O2S/c1-14(2)17-9-19(15(3)4)24(20(10-17)16(5)6)30(28,29)27-18-7-8-23(27)21-12-25-13-26-22(21)11-18/h9-10,12-16,18,23H,7-8,11H2,1-6H3. The smallest absolute Gasteiger partial charge is 0.244 e. The third kappa shape index (κ3) is 3.38. The summed E-state index contributed by atoms with van der Waals surface area (Å²) in [6.07, 6.45) is 5.76. The van der Waals surface area contributed by atoms with Gasteiger partial charge in [0.2, 0.25) is 10.0 Å². The number of nitrogens with zero attached hydrogens (tertiary/aromatic N) is 3. The van der Waals surface area contributed by atoms with Crippen molar-refractivity contribution in [1.29, 1.82) is 0 Å². The van der Waals surface area contributed by atoms with Crippen LogP contribution in [0.2, 0.25) is 0 Å². The van der Waals surface area contributed by atoms with Crippen LogP contribution in [0.15, 0.2) is 29.6 Å². The van der Waals surface area contributed by atoms with Crippen LogP contribution in [0.25, 0.3) is 0 Å². The van der Waals surface area contributed by atoms with E-state index in [0.29, 0.717) is 17.2 Å². The maximum Gasteiger partial charge on any atom is 0.244 e. The van der Waals surface area contributed by atoms with Gasteiger partial charge >= 0.3 is 0 Å². The average molecular weight is 428 g/mol. The van der Waals surface area contributed by atoms with Crippen molar-refractivity contribution in [3.8, 4) is 0 Å². The van der Waals surface area contributed by atoms with E-state index in [1.54, 1.807) is 10.6 Å². The molecule has 0 aliphatic carbocycles. The second-order valence-corrected chi connectivity index (χ2v) is 11.5. The number of sulfonamides is 1. The lowest BCUT2D eigenvalue weighted by molar-refractivity contribution is 0.299. The van der Waals surface area contributed by atoms with Crippen LogP contribution in [0, 0.1) is 0 Å². The molecule has 1 fully saturated rings. The van der Waals surface area contributed by atoms with Gasteiger partial charge in [-0.1, -0.05) is 53.7 Å². The first-order valence-corrected chi connectivity index (χ1v) is 12.6. The summed E-state index contributed by atoms with van der Waals surface area (Å²) in [5.41, 5.74) is 5.08.